The summed E-state index contributed by atoms with van der Waals surface area (Å²) in [5.74, 6) is 0.634. The van der Waals surface area contributed by atoms with Gasteiger partial charge in [-0.3, -0.25) is 0 Å². The van der Waals surface area contributed by atoms with Gasteiger partial charge in [0.2, 0.25) is 0 Å². The molecule has 1 aromatic rings. The molecule has 2 N–H and O–H groups in total. The number of hydrogen-bond acceptors (Lipinski definition) is 3. The lowest BCUT2D eigenvalue weighted by Gasteiger charge is -2.16. The van der Waals surface area contributed by atoms with Crippen molar-refractivity contribution >= 4 is 41.7 Å². The van der Waals surface area contributed by atoms with Gasteiger partial charge in [-0.1, -0.05) is 0 Å². The topological polar surface area (TPSA) is 54.5 Å². The molecule has 2 rings (SSSR count). The molecule has 1 fully saturated rings. The third-order valence-corrected chi connectivity index (χ3v) is 3.53. The maximum absolute atomic E-state index is 5.93. The number of thioether (sulfide) groups is 1. The zero-order valence-corrected chi connectivity index (χ0v) is 13.8. The number of aromatic nitrogens is 1. The van der Waals surface area contributed by atoms with Gasteiger partial charge in [-0.15, -0.1) is 35.7 Å². The summed E-state index contributed by atoms with van der Waals surface area (Å²) >= 11 is 1.64. The van der Waals surface area contributed by atoms with Gasteiger partial charge in [0.1, 0.15) is 0 Å². The van der Waals surface area contributed by atoms with E-state index in [2.05, 4.69) is 20.9 Å². The molecule has 4 nitrogen and oxygen atoms in total. The van der Waals surface area contributed by atoms with E-state index >= 15 is 0 Å². The SMILES string of the molecule is CSc1cc(CN=C(N)N(C)C2CC2)ccn1.I. The van der Waals surface area contributed by atoms with Crippen molar-refractivity contribution in [2.75, 3.05) is 13.3 Å². The van der Waals surface area contributed by atoms with Crippen molar-refractivity contribution in [3.8, 4) is 0 Å². The van der Waals surface area contributed by atoms with Crippen molar-refractivity contribution < 1.29 is 0 Å². The highest BCUT2D eigenvalue weighted by atomic mass is 127. The summed E-state index contributed by atoms with van der Waals surface area (Å²) in [6, 6.07) is 4.64. The molecule has 0 saturated heterocycles. The first-order valence-corrected chi connectivity index (χ1v) is 6.95. The first kappa shape index (κ1) is 15.6. The second-order valence-electron chi connectivity index (χ2n) is 4.22. The molecule has 1 saturated carbocycles. The smallest absolute Gasteiger partial charge is 0.191 e. The zero-order valence-electron chi connectivity index (χ0n) is 10.7. The minimum Gasteiger partial charge on any atom is -0.370 e. The Morgan fingerprint density at radius 1 is 1.61 bits per heavy atom. The fourth-order valence-corrected chi connectivity index (χ4v) is 2.03. The molecule has 18 heavy (non-hydrogen) atoms. The summed E-state index contributed by atoms with van der Waals surface area (Å²) < 4.78 is 0. The molecule has 1 aliphatic rings. The van der Waals surface area contributed by atoms with Gasteiger partial charge in [0.05, 0.1) is 11.6 Å². The molecule has 0 atom stereocenters. The van der Waals surface area contributed by atoms with Crippen LogP contribution in [-0.4, -0.2) is 35.2 Å². The number of rotatable bonds is 4. The van der Waals surface area contributed by atoms with E-state index in [1.807, 2.05) is 25.6 Å². The molecule has 0 unspecified atom stereocenters. The number of aliphatic imine (C=N–C) groups is 1. The van der Waals surface area contributed by atoms with E-state index in [9.17, 15) is 0 Å². The third kappa shape index (κ3) is 4.31. The van der Waals surface area contributed by atoms with E-state index in [1.54, 1.807) is 11.8 Å². The Kier molecular flexibility index (Phi) is 6.20. The van der Waals surface area contributed by atoms with Gasteiger partial charge in [-0.05, 0) is 36.8 Å². The fraction of sp³-hybridized carbons (Fsp3) is 0.500. The number of hydrogen-bond donors (Lipinski definition) is 1. The summed E-state index contributed by atoms with van der Waals surface area (Å²) in [5.41, 5.74) is 7.08. The lowest BCUT2D eigenvalue weighted by atomic mass is 10.3. The van der Waals surface area contributed by atoms with Crippen LogP contribution in [0, 0.1) is 0 Å². The van der Waals surface area contributed by atoms with Gasteiger partial charge >= 0.3 is 0 Å². The Hall–Kier alpha value is -0.500. The number of halogens is 1. The van der Waals surface area contributed by atoms with Crippen LogP contribution < -0.4 is 5.73 Å². The molecule has 0 aliphatic heterocycles. The van der Waals surface area contributed by atoms with Gasteiger partial charge in [0.25, 0.3) is 0 Å². The third-order valence-electron chi connectivity index (χ3n) is 2.89. The Balaban J connectivity index is 0.00000162. The lowest BCUT2D eigenvalue weighted by molar-refractivity contribution is 0.487. The van der Waals surface area contributed by atoms with Crippen LogP contribution in [0.15, 0.2) is 28.3 Å². The molecule has 0 bridgehead atoms. The summed E-state index contributed by atoms with van der Waals surface area (Å²) in [5, 5.41) is 1.02. The summed E-state index contributed by atoms with van der Waals surface area (Å²) in [4.78, 5) is 10.7. The highest BCUT2D eigenvalue weighted by molar-refractivity contribution is 14.0. The quantitative estimate of drug-likeness (QED) is 0.378. The van der Waals surface area contributed by atoms with Crippen molar-refractivity contribution in [1.82, 2.24) is 9.88 Å². The normalized spacial score (nSPS) is 15.1. The number of nitrogens with zero attached hydrogens (tertiary/aromatic N) is 3. The number of guanidine groups is 1. The van der Waals surface area contributed by atoms with Crippen LogP contribution in [0.3, 0.4) is 0 Å². The van der Waals surface area contributed by atoms with E-state index in [0.29, 0.717) is 18.5 Å². The van der Waals surface area contributed by atoms with Gasteiger partial charge in [-0.2, -0.15) is 0 Å². The maximum atomic E-state index is 5.93. The molecule has 1 aromatic heterocycles. The van der Waals surface area contributed by atoms with E-state index in [-0.39, 0.29) is 24.0 Å². The zero-order chi connectivity index (χ0) is 12.3. The van der Waals surface area contributed by atoms with E-state index in [4.69, 9.17) is 5.73 Å². The fourth-order valence-electron chi connectivity index (χ4n) is 1.59. The minimum absolute atomic E-state index is 0. The monoisotopic (exact) mass is 378 g/mol. The highest BCUT2D eigenvalue weighted by Gasteiger charge is 2.27. The predicted octanol–water partition coefficient (Wildman–Crippen LogP) is 2.33. The second kappa shape index (κ2) is 7.18. The molecule has 0 spiro atoms. The van der Waals surface area contributed by atoms with Crippen molar-refractivity contribution in [2.24, 2.45) is 10.7 Å². The van der Waals surface area contributed by atoms with Gasteiger partial charge in [-0.25, -0.2) is 9.98 Å². The largest absolute Gasteiger partial charge is 0.370 e. The molecule has 0 amide bonds. The maximum Gasteiger partial charge on any atom is 0.191 e. The van der Waals surface area contributed by atoms with E-state index < -0.39 is 0 Å². The summed E-state index contributed by atoms with van der Waals surface area (Å²) in [6.07, 6.45) is 6.30. The second-order valence-corrected chi connectivity index (χ2v) is 5.05. The van der Waals surface area contributed by atoms with Crippen molar-refractivity contribution in [2.45, 2.75) is 30.5 Å². The molecule has 1 aliphatic carbocycles. The van der Waals surface area contributed by atoms with Gasteiger partial charge in [0.15, 0.2) is 5.96 Å². The number of pyridine rings is 1. The van der Waals surface area contributed by atoms with E-state index in [0.717, 1.165) is 10.6 Å². The first-order chi connectivity index (χ1) is 8.20. The van der Waals surface area contributed by atoms with Crippen LogP contribution in [0.25, 0.3) is 0 Å². The van der Waals surface area contributed by atoms with Crippen LogP contribution >= 0.6 is 35.7 Å². The van der Waals surface area contributed by atoms with Gasteiger partial charge < -0.3 is 10.6 Å². The van der Waals surface area contributed by atoms with Crippen molar-refractivity contribution in [3.05, 3.63) is 23.9 Å². The molecule has 100 valence electrons. The standard InChI is InChI=1S/C12H18N4S.HI/c1-16(10-3-4-10)12(13)15-8-9-5-6-14-11(7-9)17-2;/h5-7,10H,3-4,8H2,1-2H3,(H2,13,15);1H. The van der Waals surface area contributed by atoms with Crippen LogP contribution in [-0.2, 0) is 6.54 Å². The summed E-state index contributed by atoms with van der Waals surface area (Å²) in [6.45, 7) is 0.624. The minimum atomic E-state index is 0. The van der Waals surface area contributed by atoms with Crippen molar-refractivity contribution in [1.29, 1.82) is 0 Å². The van der Waals surface area contributed by atoms with E-state index in [1.165, 1.54) is 12.8 Å². The Morgan fingerprint density at radius 3 is 2.94 bits per heavy atom. The van der Waals surface area contributed by atoms with Crippen LogP contribution in [0.1, 0.15) is 18.4 Å². The van der Waals surface area contributed by atoms with Crippen molar-refractivity contribution in [3.63, 3.8) is 0 Å². The molecular weight excluding hydrogens is 359 g/mol. The molecule has 0 aromatic carbocycles. The highest BCUT2D eigenvalue weighted by Crippen LogP contribution is 2.25. The van der Waals surface area contributed by atoms with Crippen LogP contribution in [0.5, 0.6) is 0 Å². The molecular formula is C12H19IN4S. The molecule has 1 heterocycles. The predicted molar refractivity (Wildman–Crippen MR) is 87.5 cm³/mol. The molecule has 6 heteroatoms. The molecule has 0 radical (unpaired) electrons. The Labute approximate surface area is 129 Å². The average Bonchev–Trinajstić information content (AvgIpc) is 3.19. The number of nitrogens with two attached hydrogens (primary N) is 1. The summed E-state index contributed by atoms with van der Waals surface area (Å²) in [7, 11) is 2.01. The first-order valence-electron chi connectivity index (χ1n) is 5.72. The Morgan fingerprint density at radius 2 is 2.33 bits per heavy atom. The van der Waals surface area contributed by atoms with Gasteiger partial charge in [0, 0.05) is 19.3 Å². The van der Waals surface area contributed by atoms with Crippen LogP contribution in [0.2, 0.25) is 0 Å². The Bertz CT molecular complexity index is 420. The lowest BCUT2D eigenvalue weighted by Crippen LogP contribution is -2.35. The van der Waals surface area contributed by atoms with Crippen LogP contribution in [0.4, 0.5) is 0 Å². The average molecular weight is 378 g/mol.